The fraction of sp³-hybridized carbons (Fsp3) is 0.643. The number of hydrogen-bond acceptors (Lipinski definition) is 4. The molecule has 2 amide bonds. The highest BCUT2D eigenvalue weighted by Gasteiger charge is 2.15. The number of rotatable bonds is 8. The van der Waals surface area contributed by atoms with Crippen LogP contribution in [0.1, 0.15) is 45.3 Å². The van der Waals surface area contributed by atoms with Crippen molar-refractivity contribution in [2.45, 2.75) is 46.5 Å². The average Bonchev–Trinajstić information content (AvgIpc) is 2.81. The summed E-state index contributed by atoms with van der Waals surface area (Å²) in [6, 6.07) is 1.64. The number of amides is 2. The van der Waals surface area contributed by atoms with Crippen LogP contribution in [0.5, 0.6) is 0 Å². The maximum absolute atomic E-state index is 12.0. The fourth-order valence-corrected chi connectivity index (χ4v) is 1.84. The Kier molecular flexibility index (Phi) is 6.76. The lowest BCUT2D eigenvalue weighted by Crippen LogP contribution is -2.37. The molecule has 0 aliphatic heterocycles. The lowest BCUT2D eigenvalue weighted by atomic mass is 10.2. The minimum atomic E-state index is -0.260. The van der Waals surface area contributed by atoms with E-state index in [0.717, 1.165) is 19.3 Å². The topological polar surface area (TPSA) is 75.4 Å². The number of carbonyl (C=O) groups is 2. The number of aromatic nitrogens is 1. The van der Waals surface area contributed by atoms with Crippen LogP contribution in [0.2, 0.25) is 0 Å². The van der Waals surface area contributed by atoms with Gasteiger partial charge in [-0.15, -0.1) is 0 Å². The first-order chi connectivity index (χ1) is 9.56. The summed E-state index contributed by atoms with van der Waals surface area (Å²) in [5, 5.41) is 6.30. The second-order valence-corrected chi connectivity index (χ2v) is 4.74. The molecule has 6 heteroatoms. The Morgan fingerprint density at radius 2 is 2.10 bits per heavy atom. The van der Waals surface area contributed by atoms with E-state index in [2.05, 4.69) is 17.4 Å². The molecule has 0 fully saturated rings. The van der Waals surface area contributed by atoms with E-state index in [1.54, 1.807) is 17.9 Å². The molecule has 0 aromatic carbocycles. The second kappa shape index (κ2) is 8.35. The molecule has 1 rings (SSSR count). The summed E-state index contributed by atoms with van der Waals surface area (Å²) < 4.78 is 4.86. The Morgan fingerprint density at radius 1 is 1.35 bits per heavy atom. The number of nitrogens with one attached hydrogen (secondary N) is 1. The molecule has 1 N–H and O–H groups in total. The van der Waals surface area contributed by atoms with Gasteiger partial charge >= 0.3 is 0 Å². The van der Waals surface area contributed by atoms with Gasteiger partial charge in [-0.1, -0.05) is 24.9 Å². The third kappa shape index (κ3) is 5.42. The Hall–Kier alpha value is -1.85. The van der Waals surface area contributed by atoms with E-state index in [0.29, 0.717) is 24.5 Å². The summed E-state index contributed by atoms with van der Waals surface area (Å²) in [5.41, 5.74) is 0. The smallest absolute Gasteiger partial charge is 0.245 e. The van der Waals surface area contributed by atoms with Gasteiger partial charge in [-0.2, -0.15) is 0 Å². The highest BCUT2D eigenvalue weighted by atomic mass is 16.5. The molecular weight excluding hydrogens is 258 g/mol. The standard InChI is InChI=1S/C14H23N3O3/c1-4-6-7-8-14(19)17(5-2)10-13(18)15-12-9-11(3)20-16-12/h9H,4-8,10H2,1-3H3,(H,15,16,18). The molecule has 0 unspecified atom stereocenters. The van der Waals surface area contributed by atoms with Gasteiger partial charge in [0.1, 0.15) is 5.76 Å². The highest BCUT2D eigenvalue weighted by Crippen LogP contribution is 2.07. The van der Waals surface area contributed by atoms with Crippen LogP contribution in [0.3, 0.4) is 0 Å². The van der Waals surface area contributed by atoms with Crippen molar-refractivity contribution in [1.82, 2.24) is 10.1 Å². The predicted molar refractivity (Wildman–Crippen MR) is 76.3 cm³/mol. The van der Waals surface area contributed by atoms with E-state index >= 15 is 0 Å². The first kappa shape index (κ1) is 16.2. The molecule has 1 aromatic heterocycles. The first-order valence-corrected chi connectivity index (χ1v) is 7.07. The number of hydrogen-bond donors (Lipinski definition) is 1. The molecule has 6 nitrogen and oxygen atoms in total. The number of likely N-dealkylation sites (N-methyl/N-ethyl adjacent to an activating group) is 1. The third-order valence-corrected chi connectivity index (χ3v) is 2.96. The molecule has 0 aliphatic rings. The van der Waals surface area contributed by atoms with Gasteiger partial charge in [0.15, 0.2) is 5.82 Å². The van der Waals surface area contributed by atoms with Crippen molar-refractivity contribution < 1.29 is 14.1 Å². The van der Waals surface area contributed by atoms with Crippen molar-refractivity contribution in [1.29, 1.82) is 0 Å². The van der Waals surface area contributed by atoms with Gasteiger partial charge in [-0.05, 0) is 20.3 Å². The number of carbonyl (C=O) groups excluding carboxylic acids is 2. The predicted octanol–water partition coefficient (Wildman–Crippen LogP) is 2.35. The number of anilines is 1. The van der Waals surface area contributed by atoms with Crippen molar-refractivity contribution >= 4 is 17.6 Å². The van der Waals surface area contributed by atoms with Gasteiger partial charge in [-0.25, -0.2) is 0 Å². The largest absolute Gasteiger partial charge is 0.360 e. The van der Waals surface area contributed by atoms with Crippen LogP contribution in [0, 0.1) is 6.92 Å². The van der Waals surface area contributed by atoms with E-state index < -0.39 is 0 Å². The van der Waals surface area contributed by atoms with Crippen molar-refractivity contribution in [3.05, 3.63) is 11.8 Å². The van der Waals surface area contributed by atoms with E-state index in [9.17, 15) is 9.59 Å². The van der Waals surface area contributed by atoms with Gasteiger partial charge in [0.2, 0.25) is 11.8 Å². The van der Waals surface area contributed by atoms with E-state index in [1.807, 2.05) is 6.92 Å². The zero-order valence-corrected chi connectivity index (χ0v) is 12.4. The van der Waals surface area contributed by atoms with Crippen molar-refractivity contribution in [3.8, 4) is 0 Å². The maximum atomic E-state index is 12.0. The lowest BCUT2D eigenvalue weighted by Gasteiger charge is -2.19. The third-order valence-electron chi connectivity index (χ3n) is 2.96. The van der Waals surface area contributed by atoms with Gasteiger partial charge in [-0.3, -0.25) is 9.59 Å². The zero-order valence-electron chi connectivity index (χ0n) is 12.4. The monoisotopic (exact) mass is 281 g/mol. The Morgan fingerprint density at radius 3 is 2.65 bits per heavy atom. The quantitative estimate of drug-likeness (QED) is 0.742. The minimum absolute atomic E-state index is 0.0208. The van der Waals surface area contributed by atoms with E-state index in [-0.39, 0.29) is 18.4 Å². The van der Waals surface area contributed by atoms with Gasteiger partial charge in [0, 0.05) is 19.0 Å². The summed E-state index contributed by atoms with van der Waals surface area (Å²) in [6.45, 7) is 6.28. The number of aryl methyl sites for hydroxylation is 1. The van der Waals surface area contributed by atoms with Gasteiger partial charge < -0.3 is 14.7 Å². The lowest BCUT2D eigenvalue weighted by molar-refractivity contribution is -0.134. The van der Waals surface area contributed by atoms with Gasteiger partial charge in [0.05, 0.1) is 6.54 Å². The SMILES string of the molecule is CCCCCC(=O)N(CC)CC(=O)Nc1cc(C)on1. The Bertz CT molecular complexity index is 443. The molecule has 112 valence electrons. The number of nitrogens with zero attached hydrogens (tertiary/aromatic N) is 2. The summed E-state index contributed by atoms with van der Waals surface area (Å²) in [5.74, 6) is 0.765. The maximum Gasteiger partial charge on any atom is 0.245 e. The van der Waals surface area contributed by atoms with Crippen LogP contribution in [-0.2, 0) is 9.59 Å². The number of unbranched alkanes of at least 4 members (excludes halogenated alkanes) is 2. The molecule has 0 radical (unpaired) electrons. The Labute approximate surface area is 119 Å². The van der Waals surface area contributed by atoms with Crippen LogP contribution in [-0.4, -0.2) is 35.0 Å². The van der Waals surface area contributed by atoms with Crippen LogP contribution >= 0.6 is 0 Å². The van der Waals surface area contributed by atoms with E-state index in [4.69, 9.17) is 4.52 Å². The fourth-order valence-electron chi connectivity index (χ4n) is 1.84. The van der Waals surface area contributed by atoms with Crippen molar-refractivity contribution in [2.24, 2.45) is 0 Å². The normalized spacial score (nSPS) is 10.3. The average molecular weight is 281 g/mol. The molecule has 1 heterocycles. The molecule has 0 spiro atoms. The van der Waals surface area contributed by atoms with Crippen LogP contribution in [0.4, 0.5) is 5.82 Å². The van der Waals surface area contributed by atoms with Crippen LogP contribution < -0.4 is 5.32 Å². The highest BCUT2D eigenvalue weighted by molar-refractivity contribution is 5.93. The molecule has 20 heavy (non-hydrogen) atoms. The summed E-state index contributed by atoms with van der Waals surface area (Å²) in [7, 11) is 0. The summed E-state index contributed by atoms with van der Waals surface area (Å²) in [6.07, 6.45) is 3.48. The summed E-state index contributed by atoms with van der Waals surface area (Å²) in [4.78, 5) is 25.3. The molecule has 0 atom stereocenters. The molecule has 0 aliphatic carbocycles. The van der Waals surface area contributed by atoms with Gasteiger partial charge in [0.25, 0.3) is 0 Å². The van der Waals surface area contributed by atoms with Crippen molar-refractivity contribution in [2.75, 3.05) is 18.4 Å². The molecule has 1 aromatic rings. The molecular formula is C14H23N3O3. The Balaban J connectivity index is 2.42. The molecule has 0 saturated heterocycles. The van der Waals surface area contributed by atoms with E-state index in [1.165, 1.54) is 0 Å². The zero-order chi connectivity index (χ0) is 15.0. The second-order valence-electron chi connectivity index (χ2n) is 4.74. The summed E-state index contributed by atoms with van der Waals surface area (Å²) >= 11 is 0. The van der Waals surface area contributed by atoms with Crippen molar-refractivity contribution in [3.63, 3.8) is 0 Å². The molecule has 0 saturated carbocycles. The molecule has 0 bridgehead atoms. The van der Waals surface area contributed by atoms with Crippen LogP contribution in [0.25, 0.3) is 0 Å². The minimum Gasteiger partial charge on any atom is -0.360 e. The van der Waals surface area contributed by atoms with Crippen LogP contribution in [0.15, 0.2) is 10.6 Å². The first-order valence-electron chi connectivity index (χ1n) is 7.07.